The Labute approximate surface area is 170 Å². The van der Waals surface area contributed by atoms with Crippen molar-refractivity contribution in [1.82, 2.24) is 0 Å². The van der Waals surface area contributed by atoms with E-state index in [1.807, 2.05) is 37.3 Å². The lowest BCUT2D eigenvalue weighted by Crippen LogP contribution is -2.33. The third-order valence-electron chi connectivity index (χ3n) is 4.74. The van der Waals surface area contributed by atoms with Gasteiger partial charge < -0.3 is 19.2 Å². The molecular weight excluding hydrogens is 370 g/mol. The van der Waals surface area contributed by atoms with E-state index in [0.29, 0.717) is 17.0 Å². The molecule has 2 atom stereocenters. The number of allylic oxidation sites excluding steroid dienone is 1. The standard InChI is InChI=1S/C23H25NO5/c1-4-27-22(25)19-15(3)14-17(24-16-10-7-6-8-11-16)20(23(26)28-5-2)21(19)18-12-9-13-29-18/h6-14,19,21,24H,4-5H2,1-3H3/t19-,21-/m1/s1. The summed E-state index contributed by atoms with van der Waals surface area (Å²) >= 11 is 0. The number of para-hydroxylation sites is 1. The minimum Gasteiger partial charge on any atom is -0.469 e. The molecule has 0 bridgehead atoms. The second-order valence-corrected chi connectivity index (χ2v) is 6.65. The molecule has 0 spiro atoms. The van der Waals surface area contributed by atoms with Crippen LogP contribution in [0.4, 0.5) is 5.69 Å². The number of carbonyl (C=O) groups is 2. The van der Waals surface area contributed by atoms with E-state index in [1.165, 1.54) is 6.26 Å². The maximum absolute atomic E-state index is 13.0. The number of hydrogen-bond donors (Lipinski definition) is 1. The third kappa shape index (κ3) is 4.42. The fourth-order valence-corrected chi connectivity index (χ4v) is 3.55. The molecular formula is C23H25NO5. The van der Waals surface area contributed by atoms with Gasteiger partial charge in [0.15, 0.2) is 0 Å². The summed E-state index contributed by atoms with van der Waals surface area (Å²) in [5, 5.41) is 3.29. The van der Waals surface area contributed by atoms with Crippen LogP contribution in [0.5, 0.6) is 0 Å². The summed E-state index contributed by atoms with van der Waals surface area (Å²) in [4.78, 5) is 25.8. The van der Waals surface area contributed by atoms with E-state index in [0.717, 1.165) is 11.3 Å². The van der Waals surface area contributed by atoms with Crippen molar-refractivity contribution in [3.8, 4) is 0 Å². The number of anilines is 1. The fraction of sp³-hybridized carbons (Fsp3) is 0.304. The van der Waals surface area contributed by atoms with Gasteiger partial charge in [0.25, 0.3) is 0 Å². The van der Waals surface area contributed by atoms with Gasteiger partial charge in [-0.05, 0) is 51.1 Å². The summed E-state index contributed by atoms with van der Waals surface area (Å²) in [6.45, 7) is 5.83. The molecule has 2 aromatic rings. The molecule has 0 radical (unpaired) electrons. The van der Waals surface area contributed by atoms with Crippen LogP contribution in [0.3, 0.4) is 0 Å². The molecule has 6 nitrogen and oxygen atoms in total. The number of benzene rings is 1. The Balaban J connectivity index is 2.15. The van der Waals surface area contributed by atoms with Gasteiger partial charge in [0.1, 0.15) is 5.76 Å². The van der Waals surface area contributed by atoms with Crippen molar-refractivity contribution >= 4 is 17.6 Å². The quantitative estimate of drug-likeness (QED) is 0.699. The summed E-state index contributed by atoms with van der Waals surface area (Å²) in [5.41, 5.74) is 2.51. The minimum atomic E-state index is -0.679. The number of furan rings is 1. The molecule has 0 saturated heterocycles. The smallest absolute Gasteiger partial charge is 0.336 e. The minimum absolute atomic E-state index is 0.221. The molecule has 0 amide bonds. The normalized spacial score (nSPS) is 18.8. The molecule has 0 aliphatic heterocycles. The van der Waals surface area contributed by atoms with E-state index < -0.39 is 23.8 Å². The largest absolute Gasteiger partial charge is 0.469 e. The second-order valence-electron chi connectivity index (χ2n) is 6.65. The van der Waals surface area contributed by atoms with E-state index in [2.05, 4.69) is 5.32 Å². The summed E-state index contributed by atoms with van der Waals surface area (Å²) < 4.78 is 16.3. The number of carbonyl (C=O) groups excluding carboxylic acids is 2. The molecule has 1 N–H and O–H groups in total. The molecule has 152 valence electrons. The second kappa shape index (κ2) is 9.28. The molecule has 1 aliphatic carbocycles. The number of ether oxygens (including phenoxy) is 2. The Morgan fingerprint density at radius 2 is 1.76 bits per heavy atom. The molecule has 3 rings (SSSR count). The van der Waals surface area contributed by atoms with E-state index in [1.54, 1.807) is 32.1 Å². The number of rotatable bonds is 7. The van der Waals surface area contributed by atoms with Crippen LogP contribution in [-0.4, -0.2) is 25.2 Å². The van der Waals surface area contributed by atoms with Crippen LogP contribution in [0.2, 0.25) is 0 Å². The van der Waals surface area contributed by atoms with Crippen molar-refractivity contribution in [2.45, 2.75) is 26.7 Å². The zero-order chi connectivity index (χ0) is 20.8. The lowest BCUT2D eigenvalue weighted by molar-refractivity contribution is -0.147. The highest BCUT2D eigenvalue weighted by atomic mass is 16.5. The van der Waals surface area contributed by atoms with E-state index in [9.17, 15) is 9.59 Å². The first-order valence-electron chi connectivity index (χ1n) is 9.68. The molecule has 1 aliphatic rings. The summed E-state index contributed by atoms with van der Waals surface area (Å²) in [5.74, 6) is -1.72. The zero-order valence-corrected chi connectivity index (χ0v) is 16.8. The van der Waals surface area contributed by atoms with Crippen molar-refractivity contribution in [2.75, 3.05) is 18.5 Å². The number of esters is 2. The molecule has 1 aromatic carbocycles. The van der Waals surface area contributed by atoms with Gasteiger partial charge in [0.2, 0.25) is 0 Å². The first kappa shape index (κ1) is 20.5. The lowest BCUT2D eigenvalue weighted by Gasteiger charge is -2.31. The molecule has 1 aromatic heterocycles. The molecule has 0 fully saturated rings. The number of nitrogens with one attached hydrogen (secondary N) is 1. The topological polar surface area (TPSA) is 77.8 Å². The Hall–Kier alpha value is -3.28. The first-order valence-corrected chi connectivity index (χ1v) is 9.68. The average molecular weight is 395 g/mol. The highest BCUT2D eigenvalue weighted by Crippen LogP contribution is 2.43. The van der Waals surface area contributed by atoms with Gasteiger partial charge in [-0.2, -0.15) is 0 Å². The van der Waals surface area contributed by atoms with Crippen LogP contribution in [0.15, 0.2) is 76.1 Å². The van der Waals surface area contributed by atoms with Crippen LogP contribution in [0.25, 0.3) is 0 Å². The van der Waals surface area contributed by atoms with Crippen molar-refractivity contribution in [2.24, 2.45) is 5.92 Å². The van der Waals surface area contributed by atoms with E-state index in [4.69, 9.17) is 13.9 Å². The maximum Gasteiger partial charge on any atom is 0.336 e. The summed E-state index contributed by atoms with van der Waals surface area (Å²) in [7, 11) is 0. The third-order valence-corrected chi connectivity index (χ3v) is 4.74. The molecule has 0 saturated carbocycles. The van der Waals surface area contributed by atoms with Gasteiger partial charge in [-0.25, -0.2) is 4.79 Å². The predicted molar refractivity (Wildman–Crippen MR) is 109 cm³/mol. The molecule has 29 heavy (non-hydrogen) atoms. The van der Waals surface area contributed by atoms with Crippen LogP contribution < -0.4 is 5.32 Å². The highest BCUT2D eigenvalue weighted by Gasteiger charge is 2.43. The zero-order valence-electron chi connectivity index (χ0n) is 16.8. The number of hydrogen-bond acceptors (Lipinski definition) is 6. The van der Waals surface area contributed by atoms with Crippen molar-refractivity contribution in [3.63, 3.8) is 0 Å². The van der Waals surface area contributed by atoms with Crippen molar-refractivity contribution < 1.29 is 23.5 Å². The maximum atomic E-state index is 13.0. The Kier molecular flexibility index (Phi) is 6.54. The first-order chi connectivity index (χ1) is 14.1. The van der Waals surface area contributed by atoms with Crippen molar-refractivity contribution in [3.05, 3.63) is 77.4 Å². The van der Waals surface area contributed by atoms with E-state index in [-0.39, 0.29) is 13.2 Å². The highest BCUT2D eigenvalue weighted by molar-refractivity contribution is 5.95. The predicted octanol–water partition coefficient (Wildman–Crippen LogP) is 4.43. The van der Waals surface area contributed by atoms with Gasteiger partial charge in [-0.15, -0.1) is 0 Å². The van der Waals surface area contributed by atoms with Crippen molar-refractivity contribution in [1.29, 1.82) is 0 Å². The SMILES string of the molecule is CCOC(=O)C1=C(Nc2ccccc2)C=C(C)[C@@H](C(=O)OCC)[C@H]1c1ccco1. The summed E-state index contributed by atoms with van der Waals surface area (Å²) in [6, 6.07) is 13.0. The average Bonchev–Trinajstić information content (AvgIpc) is 3.23. The Bertz CT molecular complexity index is 912. The van der Waals surface area contributed by atoms with Gasteiger partial charge >= 0.3 is 11.9 Å². The van der Waals surface area contributed by atoms with Crippen LogP contribution in [0.1, 0.15) is 32.4 Å². The molecule has 6 heteroatoms. The van der Waals surface area contributed by atoms with Crippen LogP contribution >= 0.6 is 0 Å². The Morgan fingerprint density at radius 3 is 2.38 bits per heavy atom. The van der Waals surface area contributed by atoms with Gasteiger partial charge in [-0.3, -0.25) is 4.79 Å². The van der Waals surface area contributed by atoms with Gasteiger partial charge in [0.05, 0.1) is 36.9 Å². The van der Waals surface area contributed by atoms with Gasteiger partial charge in [-0.1, -0.05) is 23.8 Å². The summed E-state index contributed by atoms with van der Waals surface area (Å²) in [6.07, 6.45) is 3.33. The van der Waals surface area contributed by atoms with E-state index >= 15 is 0 Å². The molecule has 1 heterocycles. The fourth-order valence-electron chi connectivity index (χ4n) is 3.55. The van der Waals surface area contributed by atoms with Gasteiger partial charge in [0, 0.05) is 11.4 Å². The van der Waals surface area contributed by atoms with Crippen LogP contribution in [0, 0.1) is 5.92 Å². The lowest BCUT2D eigenvalue weighted by atomic mass is 9.75. The Morgan fingerprint density at radius 1 is 1.03 bits per heavy atom. The monoisotopic (exact) mass is 395 g/mol. The molecule has 0 unspecified atom stereocenters. The van der Waals surface area contributed by atoms with Crippen LogP contribution in [-0.2, 0) is 19.1 Å².